The lowest BCUT2D eigenvalue weighted by Gasteiger charge is -2.47. The number of hydrogen-bond acceptors (Lipinski definition) is 3. The third kappa shape index (κ3) is 1.67. The summed E-state index contributed by atoms with van der Waals surface area (Å²) in [5, 5.41) is 12.3. The molecule has 66 valence electrons. The Balaban J connectivity index is 0.000000605. The first-order chi connectivity index (χ1) is 4.81. The molecule has 11 heavy (non-hydrogen) atoms. The Kier molecular flexibility index (Phi) is 2.75. The van der Waals surface area contributed by atoms with Crippen LogP contribution in [0, 0.1) is 0 Å². The lowest BCUT2D eigenvalue weighted by Crippen LogP contribution is -2.59. The Bertz CT molecular complexity index is 121. The summed E-state index contributed by atoms with van der Waals surface area (Å²) in [4.78, 5) is 0. The Morgan fingerprint density at radius 1 is 1.45 bits per heavy atom. The summed E-state index contributed by atoms with van der Waals surface area (Å²) in [5.74, 6) is 0. The molecule has 3 nitrogen and oxygen atoms in total. The maximum atomic E-state index is 9.06. The van der Waals surface area contributed by atoms with Crippen LogP contribution in [0.2, 0.25) is 0 Å². The summed E-state index contributed by atoms with van der Waals surface area (Å²) in [5.41, 5.74) is 0.0116. The van der Waals surface area contributed by atoms with Crippen LogP contribution in [-0.2, 0) is 4.74 Å². The standard InChI is InChI=1S/C7H13NO2.ClH/c9-6-3-7(4-6)5-8-1-2-10-7;/h6,8-9H,1-5H2;1H. The van der Waals surface area contributed by atoms with E-state index >= 15 is 0 Å². The van der Waals surface area contributed by atoms with Gasteiger partial charge in [-0.2, -0.15) is 0 Å². The number of aliphatic hydroxyl groups excluding tert-OH is 1. The molecule has 0 aromatic carbocycles. The number of hydrogen-bond donors (Lipinski definition) is 2. The number of morpholine rings is 1. The van der Waals surface area contributed by atoms with Crippen LogP contribution in [-0.4, -0.2) is 36.5 Å². The van der Waals surface area contributed by atoms with Gasteiger partial charge in [-0.3, -0.25) is 0 Å². The second kappa shape index (κ2) is 3.27. The third-order valence-electron chi connectivity index (χ3n) is 2.35. The van der Waals surface area contributed by atoms with Gasteiger partial charge in [0.05, 0.1) is 18.3 Å². The second-order valence-corrected chi connectivity index (χ2v) is 3.27. The number of nitrogens with one attached hydrogen (secondary N) is 1. The number of rotatable bonds is 0. The van der Waals surface area contributed by atoms with E-state index < -0.39 is 0 Å². The van der Waals surface area contributed by atoms with Crippen LogP contribution in [0.25, 0.3) is 0 Å². The van der Waals surface area contributed by atoms with Crippen LogP contribution in [0.15, 0.2) is 0 Å². The van der Waals surface area contributed by atoms with Crippen LogP contribution in [0.1, 0.15) is 12.8 Å². The van der Waals surface area contributed by atoms with Crippen molar-refractivity contribution in [2.45, 2.75) is 24.5 Å². The van der Waals surface area contributed by atoms with Gasteiger partial charge < -0.3 is 15.2 Å². The smallest absolute Gasteiger partial charge is 0.0856 e. The van der Waals surface area contributed by atoms with Gasteiger partial charge in [0, 0.05) is 25.9 Å². The molecule has 1 saturated heterocycles. The maximum absolute atomic E-state index is 9.06. The summed E-state index contributed by atoms with van der Waals surface area (Å²) < 4.78 is 5.55. The van der Waals surface area contributed by atoms with Crippen molar-refractivity contribution in [3.63, 3.8) is 0 Å². The van der Waals surface area contributed by atoms with E-state index in [4.69, 9.17) is 9.84 Å². The fraction of sp³-hybridized carbons (Fsp3) is 1.00. The van der Waals surface area contributed by atoms with Crippen LogP contribution < -0.4 is 5.32 Å². The zero-order valence-corrected chi connectivity index (χ0v) is 7.19. The molecule has 2 fully saturated rings. The van der Waals surface area contributed by atoms with Crippen molar-refractivity contribution in [1.82, 2.24) is 5.32 Å². The quantitative estimate of drug-likeness (QED) is 0.547. The first-order valence-electron chi connectivity index (χ1n) is 3.84. The van der Waals surface area contributed by atoms with Crippen molar-refractivity contribution in [1.29, 1.82) is 0 Å². The highest BCUT2D eigenvalue weighted by molar-refractivity contribution is 5.85. The van der Waals surface area contributed by atoms with Crippen molar-refractivity contribution in [3.8, 4) is 0 Å². The van der Waals surface area contributed by atoms with Crippen molar-refractivity contribution >= 4 is 12.4 Å². The van der Waals surface area contributed by atoms with Crippen LogP contribution in [0.3, 0.4) is 0 Å². The molecule has 0 radical (unpaired) electrons. The van der Waals surface area contributed by atoms with Gasteiger partial charge in [-0.05, 0) is 0 Å². The minimum absolute atomic E-state index is 0. The normalized spacial score (nSPS) is 42.8. The van der Waals surface area contributed by atoms with Gasteiger partial charge in [-0.1, -0.05) is 0 Å². The van der Waals surface area contributed by atoms with Crippen LogP contribution in [0.5, 0.6) is 0 Å². The fourth-order valence-corrected chi connectivity index (χ4v) is 1.77. The molecule has 2 N–H and O–H groups in total. The van der Waals surface area contributed by atoms with Gasteiger partial charge in [0.15, 0.2) is 0 Å². The van der Waals surface area contributed by atoms with Crippen molar-refractivity contribution in [2.75, 3.05) is 19.7 Å². The molecule has 1 heterocycles. The molecule has 0 aromatic heterocycles. The lowest BCUT2D eigenvalue weighted by molar-refractivity contribution is -0.165. The van der Waals surface area contributed by atoms with Gasteiger partial charge in [0.1, 0.15) is 0 Å². The van der Waals surface area contributed by atoms with Crippen molar-refractivity contribution in [2.24, 2.45) is 0 Å². The molecule has 2 rings (SSSR count). The second-order valence-electron chi connectivity index (χ2n) is 3.27. The molecule has 0 unspecified atom stereocenters. The van der Waals surface area contributed by atoms with E-state index in [1.165, 1.54) is 0 Å². The SMILES string of the molecule is Cl.OC1CC2(CNCCO2)C1. The summed E-state index contributed by atoms with van der Waals surface area (Å²) in [6.45, 7) is 2.68. The number of aliphatic hydroxyl groups is 1. The minimum atomic E-state index is -0.111. The number of halogens is 1. The van der Waals surface area contributed by atoms with E-state index in [9.17, 15) is 0 Å². The first kappa shape index (κ1) is 9.26. The Labute approximate surface area is 72.5 Å². The topological polar surface area (TPSA) is 41.5 Å². The van der Waals surface area contributed by atoms with Crippen LogP contribution in [0.4, 0.5) is 0 Å². The van der Waals surface area contributed by atoms with Gasteiger partial charge in [0.2, 0.25) is 0 Å². The van der Waals surface area contributed by atoms with E-state index in [-0.39, 0.29) is 24.1 Å². The van der Waals surface area contributed by atoms with E-state index in [1.807, 2.05) is 0 Å². The summed E-state index contributed by atoms with van der Waals surface area (Å²) in [6.07, 6.45) is 1.53. The Morgan fingerprint density at radius 3 is 2.64 bits per heavy atom. The van der Waals surface area contributed by atoms with E-state index in [0.717, 1.165) is 32.5 Å². The summed E-state index contributed by atoms with van der Waals surface area (Å²) in [6, 6.07) is 0. The van der Waals surface area contributed by atoms with E-state index in [1.54, 1.807) is 0 Å². The average molecular weight is 180 g/mol. The summed E-state index contributed by atoms with van der Waals surface area (Å²) >= 11 is 0. The highest BCUT2D eigenvalue weighted by atomic mass is 35.5. The summed E-state index contributed by atoms with van der Waals surface area (Å²) in [7, 11) is 0. The van der Waals surface area contributed by atoms with Crippen molar-refractivity contribution in [3.05, 3.63) is 0 Å². The largest absolute Gasteiger partial charge is 0.393 e. The molecule has 0 atom stereocenters. The van der Waals surface area contributed by atoms with E-state index in [0.29, 0.717) is 0 Å². The first-order valence-corrected chi connectivity index (χ1v) is 3.84. The molecule has 0 amide bonds. The zero-order valence-electron chi connectivity index (χ0n) is 6.38. The maximum Gasteiger partial charge on any atom is 0.0856 e. The molecule has 4 heteroatoms. The highest BCUT2D eigenvalue weighted by Gasteiger charge is 2.45. The predicted molar refractivity (Wildman–Crippen MR) is 44.0 cm³/mol. The average Bonchev–Trinajstić information content (AvgIpc) is 1.87. The molecular weight excluding hydrogens is 166 g/mol. The number of ether oxygens (including phenoxy) is 1. The van der Waals surface area contributed by atoms with Crippen LogP contribution >= 0.6 is 12.4 Å². The third-order valence-corrected chi connectivity index (χ3v) is 2.35. The Morgan fingerprint density at radius 2 is 2.18 bits per heavy atom. The van der Waals surface area contributed by atoms with Gasteiger partial charge >= 0.3 is 0 Å². The lowest BCUT2D eigenvalue weighted by atomic mass is 9.77. The van der Waals surface area contributed by atoms with E-state index in [2.05, 4.69) is 5.32 Å². The van der Waals surface area contributed by atoms with Crippen molar-refractivity contribution < 1.29 is 9.84 Å². The molecule has 1 spiro atoms. The van der Waals surface area contributed by atoms with Gasteiger partial charge in [0.25, 0.3) is 0 Å². The van der Waals surface area contributed by atoms with Gasteiger partial charge in [-0.25, -0.2) is 0 Å². The molecule has 0 bridgehead atoms. The minimum Gasteiger partial charge on any atom is -0.393 e. The fourth-order valence-electron chi connectivity index (χ4n) is 1.77. The molecule has 2 aliphatic rings. The highest BCUT2D eigenvalue weighted by Crippen LogP contribution is 2.36. The molecule has 1 saturated carbocycles. The molecule has 1 aliphatic carbocycles. The van der Waals surface area contributed by atoms with Gasteiger partial charge in [-0.15, -0.1) is 12.4 Å². The Hall–Kier alpha value is 0.170. The monoisotopic (exact) mass is 179 g/mol. The zero-order chi connectivity index (χ0) is 7.03. The molecule has 1 aliphatic heterocycles. The molecular formula is C7H14ClNO2. The predicted octanol–water partition coefficient (Wildman–Crippen LogP) is -0.0785. The molecule has 0 aromatic rings.